The number of carbonyl (C=O) groups excluding carboxylic acids is 1. The lowest BCUT2D eigenvalue weighted by molar-refractivity contribution is 0.0979. The molecule has 3 heteroatoms. The second kappa shape index (κ2) is 10.6. The van der Waals surface area contributed by atoms with Crippen molar-refractivity contribution >= 4 is 5.78 Å². The molecule has 0 amide bonds. The van der Waals surface area contributed by atoms with Crippen molar-refractivity contribution in [3.05, 3.63) is 35.4 Å². The summed E-state index contributed by atoms with van der Waals surface area (Å²) in [5.74, 6) is 0.241. The molecule has 1 unspecified atom stereocenters. The zero-order chi connectivity index (χ0) is 17.1. The van der Waals surface area contributed by atoms with Gasteiger partial charge >= 0.3 is 0 Å². The lowest BCUT2D eigenvalue weighted by atomic mass is 9.90. The summed E-state index contributed by atoms with van der Waals surface area (Å²) in [7, 11) is 0. The number of ketones is 1. The molecule has 0 bridgehead atoms. The Balaban J connectivity index is 2.42. The second-order valence-corrected chi connectivity index (χ2v) is 6.66. The number of carbonyl (C=O) groups is 1. The summed E-state index contributed by atoms with van der Waals surface area (Å²) in [5.41, 5.74) is 7.59. The summed E-state index contributed by atoms with van der Waals surface area (Å²) >= 11 is 0. The van der Waals surface area contributed by atoms with E-state index in [0.717, 1.165) is 37.7 Å². The maximum Gasteiger partial charge on any atom is 0.162 e. The largest absolute Gasteiger partial charge is 0.394 e. The second-order valence-electron chi connectivity index (χ2n) is 6.66. The van der Waals surface area contributed by atoms with Gasteiger partial charge in [-0.2, -0.15) is 0 Å². The molecular weight excluding hydrogens is 286 g/mol. The van der Waals surface area contributed by atoms with E-state index in [-0.39, 0.29) is 12.4 Å². The molecule has 0 saturated heterocycles. The maximum atomic E-state index is 12.1. The Hall–Kier alpha value is -1.19. The van der Waals surface area contributed by atoms with Gasteiger partial charge in [0.15, 0.2) is 5.78 Å². The molecule has 0 saturated carbocycles. The smallest absolute Gasteiger partial charge is 0.162 e. The molecule has 130 valence electrons. The lowest BCUT2D eigenvalue weighted by Gasteiger charge is -2.25. The minimum Gasteiger partial charge on any atom is -0.394 e. The summed E-state index contributed by atoms with van der Waals surface area (Å²) in [6, 6.07) is 7.87. The van der Waals surface area contributed by atoms with Crippen LogP contribution in [0, 0.1) is 0 Å². The van der Waals surface area contributed by atoms with E-state index >= 15 is 0 Å². The van der Waals surface area contributed by atoms with Gasteiger partial charge in [0, 0.05) is 17.5 Å². The van der Waals surface area contributed by atoms with Crippen LogP contribution in [0.1, 0.15) is 81.1 Å². The van der Waals surface area contributed by atoms with Gasteiger partial charge in [-0.3, -0.25) is 4.79 Å². The molecule has 1 aromatic rings. The van der Waals surface area contributed by atoms with Crippen molar-refractivity contribution in [1.29, 1.82) is 0 Å². The van der Waals surface area contributed by atoms with E-state index in [1.54, 1.807) is 0 Å². The van der Waals surface area contributed by atoms with Crippen molar-refractivity contribution in [2.24, 2.45) is 5.73 Å². The van der Waals surface area contributed by atoms with E-state index in [9.17, 15) is 9.90 Å². The summed E-state index contributed by atoms with van der Waals surface area (Å²) in [4.78, 5) is 12.1. The van der Waals surface area contributed by atoms with Crippen molar-refractivity contribution in [2.75, 3.05) is 6.61 Å². The van der Waals surface area contributed by atoms with Crippen LogP contribution in [0.15, 0.2) is 24.3 Å². The molecule has 23 heavy (non-hydrogen) atoms. The van der Waals surface area contributed by atoms with E-state index in [1.807, 2.05) is 31.2 Å². The van der Waals surface area contributed by atoms with Crippen molar-refractivity contribution in [3.63, 3.8) is 0 Å². The topological polar surface area (TPSA) is 63.3 Å². The molecule has 0 aliphatic heterocycles. The molecule has 0 heterocycles. The first kappa shape index (κ1) is 19.9. The zero-order valence-electron chi connectivity index (χ0n) is 14.8. The monoisotopic (exact) mass is 319 g/mol. The molecule has 1 atom stereocenters. The Bertz CT molecular complexity index is 449. The molecule has 3 N–H and O–H groups in total. The highest BCUT2D eigenvalue weighted by Gasteiger charge is 2.21. The van der Waals surface area contributed by atoms with Crippen LogP contribution in [0.2, 0.25) is 0 Å². The quantitative estimate of drug-likeness (QED) is 0.447. The molecule has 0 radical (unpaired) electrons. The van der Waals surface area contributed by atoms with Gasteiger partial charge in [0.05, 0.1) is 6.61 Å². The van der Waals surface area contributed by atoms with Gasteiger partial charge in [-0.15, -0.1) is 0 Å². The number of benzene rings is 1. The van der Waals surface area contributed by atoms with E-state index < -0.39 is 5.54 Å². The first-order chi connectivity index (χ1) is 11.0. The molecule has 1 rings (SSSR count). The highest BCUT2D eigenvalue weighted by atomic mass is 16.3. The molecule has 0 aliphatic rings. The number of hydrogen-bond donors (Lipinski definition) is 2. The molecule has 3 nitrogen and oxygen atoms in total. The van der Waals surface area contributed by atoms with Crippen molar-refractivity contribution in [1.82, 2.24) is 0 Å². The Morgan fingerprint density at radius 1 is 1.09 bits per heavy atom. The minimum atomic E-state index is -0.493. The molecule has 0 spiro atoms. The highest BCUT2D eigenvalue weighted by molar-refractivity contribution is 5.96. The summed E-state index contributed by atoms with van der Waals surface area (Å²) in [6.45, 7) is 4.21. The SMILES string of the molecule is CCCCCCCC(=O)c1ccc(CCC(N)(CC)CO)cc1. The molecule has 0 aliphatic carbocycles. The highest BCUT2D eigenvalue weighted by Crippen LogP contribution is 2.17. The first-order valence-electron chi connectivity index (χ1n) is 9.06. The molecular formula is C20H33NO2. The van der Waals surface area contributed by atoms with Crippen LogP contribution >= 0.6 is 0 Å². The number of rotatable bonds is 12. The van der Waals surface area contributed by atoms with Gasteiger partial charge in [0.1, 0.15) is 0 Å². The summed E-state index contributed by atoms with van der Waals surface area (Å²) in [5, 5.41) is 9.35. The van der Waals surface area contributed by atoms with Crippen LogP contribution in [-0.2, 0) is 6.42 Å². The first-order valence-corrected chi connectivity index (χ1v) is 9.06. The van der Waals surface area contributed by atoms with Gasteiger partial charge in [-0.1, -0.05) is 63.8 Å². The third kappa shape index (κ3) is 7.28. The van der Waals surface area contributed by atoms with Gasteiger partial charge in [-0.25, -0.2) is 0 Å². The van der Waals surface area contributed by atoms with Gasteiger partial charge < -0.3 is 10.8 Å². The normalized spacial score (nSPS) is 13.7. The Labute approximate surface area is 141 Å². The molecule has 1 aromatic carbocycles. The number of hydrogen-bond acceptors (Lipinski definition) is 3. The number of nitrogens with two attached hydrogens (primary N) is 1. The Kier molecular flexibility index (Phi) is 9.12. The van der Waals surface area contributed by atoms with Crippen LogP contribution in [-0.4, -0.2) is 23.0 Å². The standard InChI is InChI=1S/C20H33NO2/c1-3-5-6-7-8-9-19(23)18-12-10-17(11-13-18)14-15-20(21,4-2)16-22/h10-13,22H,3-9,14-16,21H2,1-2H3. The van der Waals surface area contributed by atoms with Crippen molar-refractivity contribution in [2.45, 2.75) is 77.2 Å². The van der Waals surface area contributed by atoms with E-state index in [4.69, 9.17) is 5.73 Å². The number of aliphatic hydroxyl groups is 1. The van der Waals surface area contributed by atoms with Crippen LogP contribution in [0.25, 0.3) is 0 Å². The van der Waals surface area contributed by atoms with Crippen LogP contribution in [0.5, 0.6) is 0 Å². The number of aryl methyl sites for hydroxylation is 1. The fourth-order valence-corrected chi connectivity index (χ4v) is 2.65. The average molecular weight is 319 g/mol. The third-order valence-corrected chi connectivity index (χ3v) is 4.71. The van der Waals surface area contributed by atoms with E-state index in [1.165, 1.54) is 24.8 Å². The van der Waals surface area contributed by atoms with Gasteiger partial charge in [0.25, 0.3) is 0 Å². The Morgan fingerprint density at radius 2 is 1.74 bits per heavy atom. The van der Waals surface area contributed by atoms with Crippen LogP contribution < -0.4 is 5.73 Å². The molecule has 0 fully saturated rings. The van der Waals surface area contributed by atoms with Gasteiger partial charge in [-0.05, 0) is 31.2 Å². The zero-order valence-corrected chi connectivity index (χ0v) is 14.8. The number of aliphatic hydroxyl groups excluding tert-OH is 1. The minimum absolute atomic E-state index is 0.0120. The van der Waals surface area contributed by atoms with Crippen LogP contribution in [0.4, 0.5) is 0 Å². The number of Topliss-reactive ketones (excluding diaryl/α,β-unsaturated/α-hetero) is 1. The van der Waals surface area contributed by atoms with Crippen molar-refractivity contribution < 1.29 is 9.90 Å². The summed E-state index contributed by atoms with van der Waals surface area (Å²) < 4.78 is 0. The van der Waals surface area contributed by atoms with Crippen LogP contribution in [0.3, 0.4) is 0 Å². The third-order valence-electron chi connectivity index (χ3n) is 4.71. The van der Waals surface area contributed by atoms with E-state index in [2.05, 4.69) is 6.92 Å². The molecule has 0 aromatic heterocycles. The predicted octanol–water partition coefficient (Wildman–Crippen LogP) is 4.26. The average Bonchev–Trinajstić information content (AvgIpc) is 2.59. The summed E-state index contributed by atoms with van der Waals surface area (Å²) in [6.07, 6.45) is 8.85. The predicted molar refractivity (Wildman–Crippen MR) is 96.8 cm³/mol. The lowest BCUT2D eigenvalue weighted by Crippen LogP contribution is -2.43. The fraction of sp³-hybridized carbons (Fsp3) is 0.650. The Morgan fingerprint density at radius 3 is 2.30 bits per heavy atom. The van der Waals surface area contributed by atoms with Crippen molar-refractivity contribution in [3.8, 4) is 0 Å². The number of unbranched alkanes of at least 4 members (excludes halogenated alkanes) is 4. The fourth-order valence-electron chi connectivity index (χ4n) is 2.65. The van der Waals surface area contributed by atoms with E-state index in [0.29, 0.717) is 6.42 Å². The maximum absolute atomic E-state index is 12.1. The van der Waals surface area contributed by atoms with Gasteiger partial charge in [0.2, 0.25) is 0 Å².